The minimum Gasteiger partial charge on any atom is -0.366 e. The lowest BCUT2D eigenvalue weighted by Gasteiger charge is -2.28. The van der Waals surface area contributed by atoms with Crippen LogP contribution in [-0.2, 0) is 0 Å². The highest BCUT2D eigenvalue weighted by atomic mass is 35.5. The van der Waals surface area contributed by atoms with Gasteiger partial charge in [-0.15, -0.1) is 0 Å². The second-order valence-electron chi connectivity index (χ2n) is 6.26. The molecule has 1 saturated heterocycles. The van der Waals surface area contributed by atoms with Crippen LogP contribution in [0.1, 0.15) is 29.6 Å². The number of piperidine rings is 1. The molecule has 1 aromatic heterocycles. The van der Waals surface area contributed by atoms with Crippen molar-refractivity contribution in [3.05, 3.63) is 57.4 Å². The van der Waals surface area contributed by atoms with Gasteiger partial charge >= 0.3 is 0 Å². The van der Waals surface area contributed by atoms with Crippen LogP contribution in [0, 0.1) is 10.1 Å². The summed E-state index contributed by atoms with van der Waals surface area (Å²) in [6.45, 7) is 1.54. The van der Waals surface area contributed by atoms with Gasteiger partial charge in [0, 0.05) is 30.9 Å². The van der Waals surface area contributed by atoms with Crippen LogP contribution in [0.5, 0.6) is 0 Å². The number of amides is 1. The van der Waals surface area contributed by atoms with E-state index in [9.17, 15) is 14.9 Å². The fraction of sp³-hybridized carbons (Fsp3) is 0.278. The second-order valence-corrected chi connectivity index (χ2v) is 7.02. The minimum absolute atomic E-state index is 0.0164. The number of benzene rings is 1. The number of nitrogens with one attached hydrogen (secondary N) is 2. The molecule has 1 fully saturated rings. The second kappa shape index (κ2) is 8.94. The number of carbonyl (C=O) groups excluding carboxylic acids is 1. The van der Waals surface area contributed by atoms with Gasteiger partial charge in [0.05, 0.1) is 10.6 Å². The van der Waals surface area contributed by atoms with Gasteiger partial charge in [0.15, 0.2) is 10.3 Å². The maximum Gasteiger partial charge on any atom is 0.293 e. The van der Waals surface area contributed by atoms with Crippen LogP contribution >= 0.6 is 23.8 Å². The number of hydrogen-bond acceptors (Lipinski definition) is 6. The average Bonchev–Trinajstić information content (AvgIpc) is 2.70. The standard InChI is InChI=1S/C18H18ClN5O3S/c19-16-13(5-4-8-20-16)21-18(28)22-17(25)12-6-7-14(15(11-12)24(26)27)23-9-2-1-3-10-23/h4-8,11H,1-3,9-10H2,(H2,21,22,25,28). The summed E-state index contributed by atoms with van der Waals surface area (Å²) in [5.74, 6) is -0.550. The number of aromatic nitrogens is 1. The highest BCUT2D eigenvalue weighted by molar-refractivity contribution is 7.80. The molecule has 8 nitrogen and oxygen atoms in total. The Morgan fingerprint density at radius 1 is 1.25 bits per heavy atom. The molecule has 0 bridgehead atoms. The molecule has 28 heavy (non-hydrogen) atoms. The molecule has 0 aliphatic carbocycles. The molecule has 3 rings (SSSR count). The number of carbonyl (C=O) groups is 1. The smallest absolute Gasteiger partial charge is 0.293 e. The van der Waals surface area contributed by atoms with E-state index in [2.05, 4.69) is 15.6 Å². The number of pyridine rings is 1. The lowest BCUT2D eigenvalue weighted by Crippen LogP contribution is -2.34. The van der Waals surface area contributed by atoms with Crippen molar-refractivity contribution in [2.24, 2.45) is 0 Å². The normalized spacial score (nSPS) is 13.7. The van der Waals surface area contributed by atoms with Crippen molar-refractivity contribution < 1.29 is 9.72 Å². The first kappa shape index (κ1) is 20.0. The zero-order chi connectivity index (χ0) is 20.1. The topological polar surface area (TPSA) is 100 Å². The van der Waals surface area contributed by atoms with E-state index in [0.717, 1.165) is 32.4 Å². The molecule has 0 saturated carbocycles. The van der Waals surface area contributed by atoms with Gasteiger partial charge in [-0.1, -0.05) is 11.6 Å². The van der Waals surface area contributed by atoms with Gasteiger partial charge in [0.1, 0.15) is 5.69 Å². The van der Waals surface area contributed by atoms with Crippen LogP contribution in [0.4, 0.5) is 17.1 Å². The molecule has 2 heterocycles. The minimum atomic E-state index is -0.550. The first-order valence-electron chi connectivity index (χ1n) is 8.72. The maximum atomic E-state index is 12.5. The molecule has 0 unspecified atom stereocenters. The number of anilines is 2. The Labute approximate surface area is 172 Å². The highest BCUT2D eigenvalue weighted by Crippen LogP contribution is 2.31. The number of rotatable bonds is 4. The molecule has 10 heteroatoms. The molecule has 2 N–H and O–H groups in total. The van der Waals surface area contributed by atoms with Gasteiger partial charge in [-0.2, -0.15) is 0 Å². The van der Waals surface area contributed by atoms with E-state index in [1.165, 1.54) is 12.3 Å². The predicted molar refractivity (Wildman–Crippen MR) is 112 cm³/mol. The van der Waals surface area contributed by atoms with E-state index in [4.69, 9.17) is 23.8 Å². The van der Waals surface area contributed by atoms with E-state index >= 15 is 0 Å². The van der Waals surface area contributed by atoms with Crippen LogP contribution in [0.15, 0.2) is 36.5 Å². The molecular weight excluding hydrogens is 402 g/mol. The molecule has 1 aliphatic heterocycles. The van der Waals surface area contributed by atoms with Crippen molar-refractivity contribution in [2.45, 2.75) is 19.3 Å². The summed E-state index contributed by atoms with van der Waals surface area (Å²) in [5, 5.41) is 17.0. The van der Waals surface area contributed by atoms with Gasteiger partial charge < -0.3 is 10.2 Å². The van der Waals surface area contributed by atoms with E-state index in [-0.39, 0.29) is 21.5 Å². The van der Waals surface area contributed by atoms with Crippen molar-refractivity contribution in [1.82, 2.24) is 10.3 Å². The van der Waals surface area contributed by atoms with Crippen molar-refractivity contribution in [3.63, 3.8) is 0 Å². The van der Waals surface area contributed by atoms with Crippen molar-refractivity contribution in [3.8, 4) is 0 Å². The number of nitrogens with zero attached hydrogens (tertiary/aromatic N) is 3. The number of thiocarbonyl (C=S) groups is 1. The Kier molecular flexibility index (Phi) is 6.37. The monoisotopic (exact) mass is 419 g/mol. The third kappa shape index (κ3) is 4.73. The van der Waals surface area contributed by atoms with E-state index in [1.807, 2.05) is 4.90 Å². The van der Waals surface area contributed by atoms with Gasteiger partial charge in [0.2, 0.25) is 0 Å². The van der Waals surface area contributed by atoms with Gasteiger partial charge in [-0.05, 0) is 55.7 Å². The Balaban J connectivity index is 1.74. The highest BCUT2D eigenvalue weighted by Gasteiger charge is 2.23. The van der Waals surface area contributed by atoms with E-state index in [0.29, 0.717) is 11.4 Å². The summed E-state index contributed by atoms with van der Waals surface area (Å²) < 4.78 is 0. The molecule has 2 aromatic rings. The Bertz CT molecular complexity index is 918. The largest absolute Gasteiger partial charge is 0.366 e. The average molecular weight is 420 g/mol. The van der Waals surface area contributed by atoms with Gasteiger partial charge in [0.25, 0.3) is 11.6 Å². The summed E-state index contributed by atoms with van der Waals surface area (Å²) in [6, 6.07) is 7.78. The van der Waals surface area contributed by atoms with Crippen LogP contribution in [0.25, 0.3) is 0 Å². The van der Waals surface area contributed by atoms with Crippen molar-refractivity contribution >= 4 is 51.9 Å². The third-order valence-corrected chi connectivity index (χ3v) is 4.87. The summed E-state index contributed by atoms with van der Waals surface area (Å²) >= 11 is 11.1. The van der Waals surface area contributed by atoms with Crippen LogP contribution in [-0.4, -0.2) is 34.0 Å². The molecule has 146 valence electrons. The summed E-state index contributed by atoms with van der Waals surface area (Å²) in [7, 11) is 0. The molecular formula is C18H18ClN5O3S. The van der Waals surface area contributed by atoms with Crippen LogP contribution < -0.4 is 15.5 Å². The zero-order valence-corrected chi connectivity index (χ0v) is 16.4. The summed E-state index contributed by atoms with van der Waals surface area (Å²) in [6.07, 6.45) is 4.64. The molecule has 0 atom stereocenters. The quantitative estimate of drug-likeness (QED) is 0.337. The molecule has 1 amide bonds. The van der Waals surface area contributed by atoms with Gasteiger partial charge in [-0.25, -0.2) is 4.98 Å². The number of halogens is 1. The number of hydrogen-bond donors (Lipinski definition) is 2. The Hall–Kier alpha value is -2.78. The fourth-order valence-electron chi connectivity index (χ4n) is 3.02. The predicted octanol–water partition coefficient (Wildman–Crippen LogP) is 3.76. The lowest BCUT2D eigenvalue weighted by molar-refractivity contribution is -0.384. The van der Waals surface area contributed by atoms with Gasteiger partial charge in [-0.3, -0.25) is 20.2 Å². The molecule has 1 aromatic carbocycles. The molecule has 0 spiro atoms. The summed E-state index contributed by atoms with van der Waals surface area (Å²) in [5.41, 5.74) is 1.03. The molecule has 0 radical (unpaired) electrons. The third-order valence-electron chi connectivity index (χ3n) is 4.37. The van der Waals surface area contributed by atoms with Crippen LogP contribution in [0.3, 0.4) is 0 Å². The fourth-order valence-corrected chi connectivity index (χ4v) is 3.39. The lowest BCUT2D eigenvalue weighted by atomic mass is 10.1. The number of nitro benzene ring substituents is 1. The first-order chi connectivity index (χ1) is 13.5. The van der Waals surface area contributed by atoms with E-state index in [1.54, 1.807) is 24.3 Å². The Morgan fingerprint density at radius 2 is 2.00 bits per heavy atom. The van der Waals surface area contributed by atoms with Crippen molar-refractivity contribution in [1.29, 1.82) is 0 Å². The zero-order valence-electron chi connectivity index (χ0n) is 14.9. The van der Waals surface area contributed by atoms with E-state index < -0.39 is 10.8 Å². The number of nitro groups is 1. The SMILES string of the molecule is O=C(NC(=S)Nc1cccnc1Cl)c1ccc(N2CCCCC2)c([N+](=O)[O-])c1. The maximum absolute atomic E-state index is 12.5. The van der Waals surface area contributed by atoms with Crippen molar-refractivity contribution in [2.75, 3.05) is 23.3 Å². The van der Waals surface area contributed by atoms with Crippen LogP contribution in [0.2, 0.25) is 5.15 Å². The molecule has 1 aliphatic rings. The Morgan fingerprint density at radius 3 is 2.68 bits per heavy atom. The first-order valence-corrected chi connectivity index (χ1v) is 9.50. The summed E-state index contributed by atoms with van der Waals surface area (Å²) in [4.78, 5) is 29.4.